The highest BCUT2D eigenvalue weighted by Gasteiger charge is 2.68. The Labute approximate surface area is 261 Å². The van der Waals surface area contributed by atoms with Crippen LogP contribution in [0.2, 0.25) is 5.02 Å². The SMILES string of the molecule is COc1cccc(O)c1C1C2=CCC3C(=O)N(Cc4cccs4)C(=O)C3C2CC2C(=O)N(c3ccc(F)c(Cl)c3)C(=O)C21C. The van der Waals surface area contributed by atoms with Gasteiger partial charge in [-0.1, -0.05) is 35.4 Å². The monoisotopic (exact) mass is 634 g/mol. The van der Waals surface area contributed by atoms with Crippen LogP contribution >= 0.6 is 22.9 Å². The molecule has 7 rings (SSSR count). The highest BCUT2D eigenvalue weighted by Crippen LogP contribution is 2.65. The zero-order chi connectivity index (χ0) is 31.1. The molecule has 0 bridgehead atoms. The summed E-state index contributed by atoms with van der Waals surface area (Å²) >= 11 is 7.52. The summed E-state index contributed by atoms with van der Waals surface area (Å²) in [7, 11) is 1.46. The first-order chi connectivity index (χ1) is 21.1. The van der Waals surface area contributed by atoms with Crippen LogP contribution < -0.4 is 9.64 Å². The molecule has 11 heteroatoms. The minimum absolute atomic E-state index is 0.116. The third-order valence-corrected chi connectivity index (χ3v) is 11.1. The number of amides is 4. The van der Waals surface area contributed by atoms with Gasteiger partial charge in [0.25, 0.3) is 0 Å². The summed E-state index contributed by atoms with van der Waals surface area (Å²) in [5.74, 6) is -5.67. The third-order valence-electron chi connectivity index (χ3n) is 9.97. The molecule has 3 fully saturated rings. The summed E-state index contributed by atoms with van der Waals surface area (Å²) < 4.78 is 19.7. The van der Waals surface area contributed by atoms with Gasteiger partial charge in [-0.2, -0.15) is 0 Å². The number of fused-ring (bicyclic) bond motifs is 4. The van der Waals surface area contributed by atoms with E-state index in [1.807, 2.05) is 23.6 Å². The van der Waals surface area contributed by atoms with Crippen LogP contribution in [0, 0.1) is 34.9 Å². The molecular formula is C33H28ClFN2O6S. The van der Waals surface area contributed by atoms with E-state index in [9.17, 15) is 28.7 Å². The van der Waals surface area contributed by atoms with E-state index in [4.69, 9.17) is 16.3 Å². The fraction of sp³-hybridized carbons (Fsp3) is 0.333. The van der Waals surface area contributed by atoms with Gasteiger partial charge in [0.2, 0.25) is 23.6 Å². The van der Waals surface area contributed by atoms with Crippen molar-refractivity contribution < 1.29 is 33.4 Å². The lowest BCUT2D eigenvalue weighted by Crippen LogP contribution is -2.49. The predicted molar refractivity (Wildman–Crippen MR) is 161 cm³/mol. The molecule has 8 nitrogen and oxygen atoms in total. The summed E-state index contributed by atoms with van der Waals surface area (Å²) in [6, 6.07) is 12.2. The van der Waals surface area contributed by atoms with Crippen molar-refractivity contribution in [3.63, 3.8) is 0 Å². The molecule has 0 radical (unpaired) electrons. The van der Waals surface area contributed by atoms with Crippen molar-refractivity contribution in [1.82, 2.24) is 4.90 Å². The number of rotatable bonds is 5. The molecule has 2 aliphatic heterocycles. The van der Waals surface area contributed by atoms with Crippen molar-refractivity contribution in [2.24, 2.45) is 29.1 Å². The Balaban J connectivity index is 1.38. The fourth-order valence-electron chi connectivity index (χ4n) is 7.97. The maximum Gasteiger partial charge on any atom is 0.241 e. The number of allylic oxidation sites excluding steroid dienone is 2. The highest BCUT2D eigenvalue weighted by molar-refractivity contribution is 7.09. The number of carbonyl (C=O) groups excluding carboxylic acids is 4. The molecule has 1 N–H and O–H groups in total. The molecule has 0 spiro atoms. The average Bonchev–Trinajstić information content (AvgIpc) is 3.66. The largest absolute Gasteiger partial charge is 0.508 e. The van der Waals surface area contributed by atoms with E-state index in [0.29, 0.717) is 11.3 Å². The number of aromatic hydroxyl groups is 1. The van der Waals surface area contributed by atoms with Gasteiger partial charge in [0.15, 0.2) is 0 Å². The molecule has 2 aliphatic carbocycles. The molecule has 2 aromatic carbocycles. The first-order valence-electron chi connectivity index (χ1n) is 14.3. The number of imide groups is 2. The zero-order valence-electron chi connectivity index (χ0n) is 23.8. The number of ether oxygens (including phenoxy) is 1. The zero-order valence-corrected chi connectivity index (χ0v) is 25.4. The average molecular weight is 635 g/mol. The van der Waals surface area contributed by atoms with Gasteiger partial charge in [0.05, 0.1) is 47.5 Å². The second kappa shape index (κ2) is 10.3. The van der Waals surface area contributed by atoms with E-state index in [2.05, 4.69) is 0 Å². The highest BCUT2D eigenvalue weighted by atomic mass is 35.5. The molecule has 1 aromatic heterocycles. The summed E-state index contributed by atoms with van der Waals surface area (Å²) in [5.41, 5.74) is -0.205. The number of methoxy groups -OCH3 is 1. The van der Waals surface area contributed by atoms with Crippen LogP contribution in [-0.4, -0.2) is 40.7 Å². The Kier molecular flexibility index (Phi) is 6.71. The first kappa shape index (κ1) is 28.7. The Morgan fingerprint density at radius 1 is 1.07 bits per heavy atom. The second-order valence-corrected chi connectivity index (χ2v) is 13.4. The van der Waals surface area contributed by atoms with Crippen molar-refractivity contribution in [3.05, 3.63) is 86.8 Å². The smallest absolute Gasteiger partial charge is 0.241 e. The number of carbonyl (C=O) groups is 4. The Bertz CT molecular complexity index is 1780. The summed E-state index contributed by atoms with van der Waals surface area (Å²) in [6.45, 7) is 1.88. The van der Waals surface area contributed by atoms with Crippen LogP contribution in [0.3, 0.4) is 0 Å². The minimum atomic E-state index is -1.40. The number of likely N-dealkylation sites (tertiary alicyclic amines) is 1. The van der Waals surface area contributed by atoms with Gasteiger partial charge in [-0.25, -0.2) is 9.29 Å². The first-order valence-corrected chi connectivity index (χ1v) is 15.6. The molecule has 4 amide bonds. The Hall–Kier alpha value is -4.02. The number of hydrogen-bond acceptors (Lipinski definition) is 7. The normalized spacial score (nSPS) is 29.5. The molecule has 226 valence electrons. The molecule has 2 saturated heterocycles. The minimum Gasteiger partial charge on any atom is -0.508 e. The van der Waals surface area contributed by atoms with E-state index >= 15 is 0 Å². The van der Waals surface area contributed by atoms with Crippen molar-refractivity contribution >= 4 is 52.3 Å². The van der Waals surface area contributed by atoms with Gasteiger partial charge in [0.1, 0.15) is 17.3 Å². The van der Waals surface area contributed by atoms with Gasteiger partial charge in [0, 0.05) is 16.4 Å². The van der Waals surface area contributed by atoms with E-state index in [1.54, 1.807) is 19.1 Å². The predicted octanol–water partition coefficient (Wildman–Crippen LogP) is 5.69. The molecule has 1 saturated carbocycles. The van der Waals surface area contributed by atoms with Gasteiger partial charge in [-0.05, 0) is 67.5 Å². The molecule has 44 heavy (non-hydrogen) atoms. The number of nitrogens with zero attached hydrogens (tertiary/aromatic N) is 2. The lowest BCUT2D eigenvalue weighted by atomic mass is 9.51. The van der Waals surface area contributed by atoms with Crippen molar-refractivity contribution in [3.8, 4) is 11.5 Å². The van der Waals surface area contributed by atoms with Gasteiger partial charge in [-0.15, -0.1) is 11.3 Å². The van der Waals surface area contributed by atoms with Gasteiger partial charge >= 0.3 is 0 Å². The van der Waals surface area contributed by atoms with E-state index in [0.717, 1.165) is 21.4 Å². The molecular weight excluding hydrogens is 607 g/mol. The molecule has 3 heterocycles. The van der Waals surface area contributed by atoms with Crippen LogP contribution in [0.1, 0.15) is 36.1 Å². The standard InChI is InChI=1S/C33H28ClFN2O6S/c1-33-21(30(40)37(32(33)42)16-8-11-23(35)22(34)13-16)14-20-18(28(33)27-24(38)6-3-7-25(27)43-2)9-10-19-26(20)31(41)36(29(19)39)15-17-5-4-12-44-17/h3-9,11-13,19-21,26,28,38H,10,14-15H2,1-2H3. The van der Waals surface area contributed by atoms with Gasteiger partial charge in [-0.3, -0.25) is 24.1 Å². The molecule has 3 aromatic rings. The fourth-order valence-corrected chi connectivity index (χ4v) is 8.84. The van der Waals surface area contributed by atoms with Crippen molar-refractivity contribution in [2.45, 2.75) is 32.2 Å². The molecule has 4 aliphatic rings. The van der Waals surface area contributed by atoms with Crippen LogP contribution in [0.5, 0.6) is 11.5 Å². The number of benzene rings is 2. The maximum atomic E-state index is 14.5. The topological polar surface area (TPSA) is 104 Å². The Morgan fingerprint density at radius 3 is 2.57 bits per heavy atom. The second-order valence-electron chi connectivity index (χ2n) is 12.0. The van der Waals surface area contributed by atoms with E-state index in [1.165, 1.54) is 41.5 Å². The lowest BCUT2D eigenvalue weighted by molar-refractivity contribution is -0.141. The van der Waals surface area contributed by atoms with Crippen LogP contribution in [0.25, 0.3) is 0 Å². The van der Waals surface area contributed by atoms with Crippen LogP contribution in [0.4, 0.5) is 10.1 Å². The number of hydrogen-bond donors (Lipinski definition) is 1. The molecule has 6 unspecified atom stereocenters. The number of phenolic OH excluding ortho intramolecular Hbond substituents is 1. The van der Waals surface area contributed by atoms with E-state index < -0.39 is 52.6 Å². The van der Waals surface area contributed by atoms with Crippen molar-refractivity contribution in [2.75, 3.05) is 12.0 Å². The number of anilines is 1. The van der Waals surface area contributed by atoms with Gasteiger partial charge < -0.3 is 9.84 Å². The quantitative estimate of drug-likeness (QED) is 0.286. The number of phenols is 1. The van der Waals surface area contributed by atoms with E-state index in [-0.39, 0.29) is 47.7 Å². The summed E-state index contributed by atoms with van der Waals surface area (Å²) in [4.78, 5) is 59.6. The van der Waals surface area contributed by atoms with Crippen molar-refractivity contribution in [1.29, 1.82) is 0 Å². The summed E-state index contributed by atoms with van der Waals surface area (Å²) in [6.07, 6.45) is 2.35. The third kappa shape index (κ3) is 3.93. The number of halogens is 2. The summed E-state index contributed by atoms with van der Waals surface area (Å²) in [5, 5.41) is 12.9. The number of thiophene rings is 1. The van der Waals surface area contributed by atoms with Crippen LogP contribution in [-0.2, 0) is 25.7 Å². The Morgan fingerprint density at radius 2 is 1.86 bits per heavy atom. The van der Waals surface area contributed by atoms with Crippen LogP contribution in [0.15, 0.2) is 65.6 Å². The lowest BCUT2D eigenvalue weighted by Gasteiger charge is -2.49. The molecule has 6 atom stereocenters. The maximum absolute atomic E-state index is 14.5.